The Hall–Kier alpha value is -2.18. The third-order valence-corrected chi connectivity index (χ3v) is 7.29. The molecule has 2 aromatic carbocycles. The summed E-state index contributed by atoms with van der Waals surface area (Å²) >= 11 is 0. The van der Waals surface area contributed by atoms with E-state index < -0.39 is 10.0 Å². The lowest BCUT2D eigenvalue weighted by Crippen LogP contribution is -2.44. The number of aryl methyl sites for hydroxylation is 1. The van der Waals surface area contributed by atoms with Gasteiger partial charge in [0, 0.05) is 19.0 Å². The fourth-order valence-corrected chi connectivity index (χ4v) is 4.73. The summed E-state index contributed by atoms with van der Waals surface area (Å²) in [6, 6.07) is 17.9. The maximum Gasteiger partial charge on any atom is 0.223 e. The highest BCUT2D eigenvalue weighted by molar-refractivity contribution is 7.89. The Kier molecular flexibility index (Phi) is 6.52. The van der Waals surface area contributed by atoms with Crippen molar-refractivity contribution in [1.82, 2.24) is 9.62 Å². The van der Waals surface area contributed by atoms with Crippen molar-refractivity contribution >= 4 is 15.9 Å². The molecule has 1 amide bonds. The fourth-order valence-electron chi connectivity index (χ4n) is 3.60. The minimum Gasteiger partial charge on any atom is -0.345 e. The number of piperidine rings is 1. The van der Waals surface area contributed by atoms with Crippen molar-refractivity contribution in [2.24, 2.45) is 5.92 Å². The molecule has 1 aliphatic rings. The monoisotopic (exact) mass is 400 g/mol. The van der Waals surface area contributed by atoms with Crippen LogP contribution in [-0.2, 0) is 14.8 Å². The van der Waals surface area contributed by atoms with Crippen LogP contribution in [0.4, 0.5) is 0 Å². The van der Waals surface area contributed by atoms with Gasteiger partial charge in [0.05, 0.1) is 11.8 Å². The van der Waals surface area contributed by atoms with Gasteiger partial charge in [0.2, 0.25) is 15.9 Å². The quantitative estimate of drug-likeness (QED) is 0.809. The molecular formula is C22H28N2O3S. The molecule has 0 spiro atoms. The summed E-state index contributed by atoms with van der Waals surface area (Å²) in [6.07, 6.45) is 1.11. The second-order valence-electron chi connectivity index (χ2n) is 7.34. The summed E-state index contributed by atoms with van der Waals surface area (Å²) in [5.74, 6) is -0.0733. The standard InChI is InChI=1S/C22H28N2O3S/c1-3-28(26,27)24-15-13-20(14-16-24)22(25)23-21(18-7-5-4-6-8-18)19-11-9-17(2)10-12-19/h4-12,20-21H,3,13-16H2,1-2H3,(H,23,25)/t21-/m1/s1. The number of rotatable bonds is 6. The molecule has 1 heterocycles. The summed E-state index contributed by atoms with van der Waals surface area (Å²) in [4.78, 5) is 13.0. The number of amides is 1. The Labute approximate surface area is 167 Å². The average molecular weight is 401 g/mol. The summed E-state index contributed by atoms with van der Waals surface area (Å²) < 4.78 is 25.6. The van der Waals surface area contributed by atoms with E-state index in [4.69, 9.17) is 0 Å². The molecule has 2 aromatic rings. The highest BCUT2D eigenvalue weighted by atomic mass is 32.2. The molecule has 28 heavy (non-hydrogen) atoms. The topological polar surface area (TPSA) is 66.5 Å². The molecule has 0 aromatic heterocycles. The lowest BCUT2D eigenvalue weighted by atomic mass is 9.94. The zero-order valence-electron chi connectivity index (χ0n) is 16.5. The second-order valence-corrected chi connectivity index (χ2v) is 9.59. The van der Waals surface area contributed by atoms with E-state index in [9.17, 15) is 13.2 Å². The molecular weight excluding hydrogens is 372 g/mol. The van der Waals surface area contributed by atoms with E-state index in [1.54, 1.807) is 6.92 Å². The number of nitrogens with zero attached hydrogens (tertiary/aromatic N) is 1. The van der Waals surface area contributed by atoms with E-state index in [-0.39, 0.29) is 23.6 Å². The van der Waals surface area contributed by atoms with Crippen LogP contribution in [0.15, 0.2) is 54.6 Å². The lowest BCUT2D eigenvalue weighted by molar-refractivity contribution is -0.126. The molecule has 1 atom stereocenters. The largest absolute Gasteiger partial charge is 0.345 e. The Morgan fingerprint density at radius 3 is 2.18 bits per heavy atom. The van der Waals surface area contributed by atoms with Crippen LogP contribution >= 0.6 is 0 Å². The summed E-state index contributed by atoms with van der Waals surface area (Å²) in [5, 5.41) is 3.20. The third-order valence-electron chi connectivity index (χ3n) is 5.41. The van der Waals surface area contributed by atoms with Crippen molar-refractivity contribution in [3.8, 4) is 0 Å². The van der Waals surface area contributed by atoms with E-state index in [0.29, 0.717) is 25.9 Å². The number of nitrogens with one attached hydrogen (secondary N) is 1. The normalized spacial score (nSPS) is 17.2. The number of carbonyl (C=O) groups is 1. The first kappa shape index (κ1) is 20.6. The van der Waals surface area contributed by atoms with Gasteiger partial charge in [-0.05, 0) is 37.8 Å². The first-order valence-electron chi connectivity index (χ1n) is 9.80. The number of benzene rings is 2. The molecule has 5 nitrogen and oxygen atoms in total. The molecule has 0 radical (unpaired) electrons. The van der Waals surface area contributed by atoms with Gasteiger partial charge in [0.25, 0.3) is 0 Å². The van der Waals surface area contributed by atoms with E-state index >= 15 is 0 Å². The Bertz CT molecular complexity index is 887. The molecule has 0 saturated carbocycles. The Balaban J connectivity index is 1.73. The summed E-state index contributed by atoms with van der Waals surface area (Å²) in [7, 11) is -3.18. The SMILES string of the molecule is CCS(=O)(=O)N1CCC(C(=O)N[C@H](c2ccccc2)c2ccc(C)cc2)CC1. The van der Waals surface area contributed by atoms with Crippen LogP contribution in [0.3, 0.4) is 0 Å². The Morgan fingerprint density at radius 2 is 1.61 bits per heavy atom. The van der Waals surface area contributed by atoms with Gasteiger partial charge in [-0.2, -0.15) is 0 Å². The van der Waals surface area contributed by atoms with Gasteiger partial charge in [-0.15, -0.1) is 0 Å². The van der Waals surface area contributed by atoms with Crippen LogP contribution in [-0.4, -0.2) is 37.5 Å². The van der Waals surface area contributed by atoms with Crippen LogP contribution in [0.25, 0.3) is 0 Å². The van der Waals surface area contributed by atoms with Gasteiger partial charge in [-0.1, -0.05) is 60.2 Å². The molecule has 0 unspecified atom stereocenters. The number of hydrogen-bond acceptors (Lipinski definition) is 3. The van der Waals surface area contributed by atoms with Crippen molar-refractivity contribution in [2.45, 2.75) is 32.7 Å². The highest BCUT2D eigenvalue weighted by Gasteiger charge is 2.31. The molecule has 1 N–H and O–H groups in total. The fraction of sp³-hybridized carbons (Fsp3) is 0.409. The van der Waals surface area contributed by atoms with Crippen molar-refractivity contribution in [3.05, 3.63) is 71.3 Å². The molecule has 1 aliphatic heterocycles. The van der Waals surface area contributed by atoms with Gasteiger partial charge in [0.15, 0.2) is 0 Å². The maximum absolute atomic E-state index is 13.0. The highest BCUT2D eigenvalue weighted by Crippen LogP contribution is 2.25. The van der Waals surface area contributed by atoms with E-state index in [2.05, 4.69) is 5.32 Å². The zero-order valence-corrected chi connectivity index (χ0v) is 17.3. The van der Waals surface area contributed by atoms with Gasteiger partial charge >= 0.3 is 0 Å². The van der Waals surface area contributed by atoms with Gasteiger partial charge in [-0.3, -0.25) is 4.79 Å². The predicted octanol–water partition coefficient (Wildman–Crippen LogP) is 3.26. The van der Waals surface area contributed by atoms with Crippen molar-refractivity contribution < 1.29 is 13.2 Å². The van der Waals surface area contributed by atoms with Crippen molar-refractivity contribution in [1.29, 1.82) is 0 Å². The van der Waals surface area contributed by atoms with Gasteiger partial charge < -0.3 is 5.32 Å². The molecule has 3 rings (SSSR count). The van der Waals surface area contributed by atoms with Gasteiger partial charge in [0.1, 0.15) is 0 Å². The first-order valence-corrected chi connectivity index (χ1v) is 11.4. The average Bonchev–Trinajstić information content (AvgIpc) is 2.73. The van der Waals surface area contributed by atoms with E-state index in [0.717, 1.165) is 11.1 Å². The maximum atomic E-state index is 13.0. The summed E-state index contributed by atoms with van der Waals surface area (Å²) in [5.41, 5.74) is 3.24. The Morgan fingerprint density at radius 1 is 1.04 bits per heavy atom. The van der Waals surface area contributed by atoms with Crippen molar-refractivity contribution in [2.75, 3.05) is 18.8 Å². The molecule has 0 bridgehead atoms. The minimum absolute atomic E-state index is 0.0111. The molecule has 0 aliphatic carbocycles. The molecule has 150 valence electrons. The van der Waals surface area contributed by atoms with Gasteiger partial charge in [-0.25, -0.2) is 12.7 Å². The van der Waals surface area contributed by atoms with Crippen molar-refractivity contribution in [3.63, 3.8) is 0 Å². The number of carbonyl (C=O) groups excluding carboxylic acids is 1. The lowest BCUT2D eigenvalue weighted by Gasteiger charge is -2.31. The van der Waals surface area contributed by atoms with Crippen LogP contribution in [0, 0.1) is 12.8 Å². The molecule has 1 fully saturated rings. The molecule has 1 saturated heterocycles. The smallest absolute Gasteiger partial charge is 0.223 e. The third kappa shape index (κ3) is 4.80. The van der Waals surface area contributed by atoms with Crippen LogP contribution in [0.5, 0.6) is 0 Å². The van der Waals surface area contributed by atoms with Crippen LogP contribution in [0.1, 0.15) is 42.5 Å². The molecule has 6 heteroatoms. The zero-order chi connectivity index (χ0) is 20.1. The van der Waals surface area contributed by atoms with Crippen LogP contribution in [0.2, 0.25) is 0 Å². The number of hydrogen-bond donors (Lipinski definition) is 1. The second kappa shape index (κ2) is 8.88. The predicted molar refractivity (Wildman–Crippen MR) is 111 cm³/mol. The van der Waals surface area contributed by atoms with Crippen LogP contribution < -0.4 is 5.32 Å². The van der Waals surface area contributed by atoms with E-state index in [1.165, 1.54) is 9.87 Å². The number of sulfonamides is 1. The first-order chi connectivity index (χ1) is 13.4. The summed E-state index contributed by atoms with van der Waals surface area (Å²) in [6.45, 7) is 4.52. The van der Waals surface area contributed by atoms with E-state index in [1.807, 2.05) is 61.5 Å². The minimum atomic E-state index is -3.18.